The van der Waals surface area contributed by atoms with Crippen LogP contribution in [-0.2, 0) is 10.3 Å². The number of hydrogen-bond acceptors (Lipinski definition) is 3. The largest absolute Gasteiger partial charge is 0.327 e. The Bertz CT molecular complexity index is 852. The van der Waals surface area contributed by atoms with Gasteiger partial charge < -0.3 is 4.90 Å². The summed E-state index contributed by atoms with van der Waals surface area (Å²) in [7, 11) is 2.92. The number of likely N-dealkylation sites (N-methyl/N-ethyl adjacent to an activating group) is 2. The van der Waals surface area contributed by atoms with E-state index in [9.17, 15) is 14.4 Å². The van der Waals surface area contributed by atoms with Crippen molar-refractivity contribution in [2.45, 2.75) is 5.54 Å². The van der Waals surface area contributed by atoms with E-state index in [1.54, 1.807) is 18.2 Å². The van der Waals surface area contributed by atoms with Crippen LogP contribution in [0.15, 0.2) is 36.4 Å². The van der Waals surface area contributed by atoms with Gasteiger partial charge in [-0.1, -0.05) is 36.4 Å². The van der Waals surface area contributed by atoms with E-state index in [1.165, 1.54) is 19.0 Å². The first kappa shape index (κ1) is 12.1. The van der Waals surface area contributed by atoms with E-state index >= 15 is 0 Å². The van der Waals surface area contributed by atoms with Crippen LogP contribution in [0.1, 0.15) is 15.9 Å². The number of carbonyl (C=O) groups excluding carboxylic acids is 3. The van der Waals surface area contributed by atoms with Crippen LogP contribution in [0.4, 0.5) is 4.79 Å². The molecule has 1 heterocycles. The molecule has 21 heavy (non-hydrogen) atoms. The van der Waals surface area contributed by atoms with Crippen LogP contribution in [0.25, 0.3) is 10.8 Å². The SMILES string of the molecule is CN1C(=O)N(C)C2(C(=O)c3cccc4cccc2c34)C1=O. The van der Waals surface area contributed by atoms with E-state index < -0.39 is 17.5 Å². The van der Waals surface area contributed by atoms with Gasteiger partial charge >= 0.3 is 6.03 Å². The van der Waals surface area contributed by atoms with Crippen LogP contribution >= 0.6 is 0 Å². The van der Waals surface area contributed by atoms with Crippen LogP contribution in [0.2, 0.25) is 0 Å². The predicted molar refractivity (Wildman–Crippen MR) is 75.9 cm³/mol. The minimum absolute atomic E-state index is 0.320. The van der Waals surface area contributed by atoms with Crippen LogP contribution in [0, 0.1) is 0 Å². The van der Waals surface area contributed by atoms with Crippen molar-refractivity contribution in [3.8, 4) is 0 Å². The van der Waals surface area contributed by atoms with Gasteiger partial charge in [0.2, 0.25) is 11.3 Å². The number of imide groups is 1. The second-order valence-electron chi connectivity index (χ2n) is 5.45. The number of fused-ring (bicyclic) bond motifs is 1. The zero-order chi connectivity index (χ0) is 14.9. The number of hydrogen-bond donors (Lipinski definition) is 0. The van der Waals surface area contributed by atoms with Gasteiger partial charge in [0, 0.05) is 25.2 Å². The molecule has 1 aliphatic carbocycles. The van der Waals surface area contributed by atoms with E-state index in [1.807, 2.05) is 18.2 Å². The molecule has 0 saturated carbocycles. The molecule has 0 bridgehead atoms. The Morgan fingerprint density at radius 1 is 0.952 bits per heavy atom. The maximum Gasteiger partial charge on any atom is 0.327 e. The fraction of sp³-hybridized carbons (Fsp3) is 0.188. The van der Waals surface area contributed by atoms with E-state index in [0.717, 1.165) is 15.7 Å². The Morgan fingerprint density at radius 2 is 1.62 bits per heavy atom. The molecule has 1 saturated heterocycles. The summed E-state index contributed by atoms with van der Waals surface area (Å²) in [5.41, 5.74) is -0.424. The van der Waals surface area contributed by atoms with Crippen molar-refractivity contribution in [2.75, 3.05) is 14.1 Å². The summed E-state index contributed by atoms with van der Waals surface area (Å²) in [6, 6.07) is 10.4. The molecule has 2 aromatic rings. The number of urea groups is 1. The van der Waals surface area contributed by atoms with Gasteiger partial charge in [0.25, 0.3) is 5.91 Å². The second kappa shape index (κ2) is 3.49. The highest BCUT2D eigenvalue weighted by Crippen LogP contribution is 2.47. The lowest BCUT2D eigenvalue weighted by Gasteiger charge is -2.27. The number of ketones is 1. The van der Waals surface area contributed by atoms with Gasteiger partial charge in [0.1, 0.15) is 0 Å². The molecule has 1 fully saturated rings. The van der Waals surface area contributed by atoms with Crippen molar-refractivity contribution in [1.82, 2.24) is 9.80 Å². The highest BCUT2D eigenvalue weighted by Gasteiger charge is 2.64. The third-order valence-corrected chi connectivity index (χ3v) is 4.56. The topological polar surface area (TPSA) is 57.7 Å². The summed E-state index contributed by atoms with van der Waals surface area (Å²) in [6.07, 6.45) is 0. The van der Waals surface area contributed by atoms with Gasteiger partial charge in [-0.2, -0.15) is 0 Å². The fourth-order valence-corrected chi connectivity index (χ4v) is 3.54. The number of rotatable bonds is 0. The smallest absolute Gasteiger partial charge is 0.302 e. The Balaban J connectivity index is 2.16. The molecule has 5 heteroatoms. The average molecular weight is 280 g/mol. The average Bonchev–Trinajstić information content (AvgIpc) is 2.85. The molecular weight excluding hydrogens is 268 g/mol. The molecule has 1 aliphatic heterocycles. The lowest BCUT2D eigenvalue weighted by atomic mass is 9.88. The summed E-state index contributed by atoms with van der Waals surface area (Å²) >= 11 is 0. The molecule has 3 amide bonds. The van der Waals surface area contributed by atoms with Crippen molar-refractivity contribution in [3.63, 3.8) is 0 Å². The Morgan fingerprint density at radius 3 is 2.24 bits per heavy atom. The molecule has 5 nitrogen and oxygen atoms in total. The summed E-state index contributed by atoms with van der Waals surface area (Å²) in [6.45, 7) is 0. The van der Waals surface area contributed by atoms with E-state index in [4.69, 9.17) is 0 Å². The van der Waals surface area contributed by atoms with Crippen molar-refractivity contribution in [3.05, 3.63) is 47.5 Å². The van der Waals surface area contributed by atoms with Crippen LogP contribution in [-0.4, -0.2) is 41.6 Å². The summed E-state index contributed by atoms with van der Waals surface area (Å²) in [4.78, 5) is 40.1. The summed E-state index contributed by atoms with van der Waals surface area (Å²) < 4.78 is 0. The lowest BCUT2D eigenvalue weighted by Crippen LogP contribution is -2.49. The van der Waals surface area contributed by atoms with Crippen molar-refractivity contribution < 1.29 is 14.4 Å². The van der Waals surface area contributed by atoms with Gasteiger partial charge in [-0.15, -0.1) is 0 Å². The normalized spacial score (nSPS) is 24.0. The maximum atomic E-state index is 13.0. The molecular formula is C16H12N2O3. The van der Waals surface area contributed by atoms with Crippen molar-refractivity contribution in [1.29, 1.82) is 0 Å². The van der Waals surface area contributed by atoms with Crippen LogP contribution in [0.5, 0.6) is 0 Å². The molecule has 2 aliphatic rings. The van der Waals surface area contributed by atoms with Gasteiger partial charge in [-0.05, 0) is 10.8 Å². The lowest BCUT2D eigenvalue weighted by molar-refractivity contribution is -0.130. The van der Waals surface area contributed by atoms with E-state index in [2.05, 4.69) is 0 Å². The highest BCUT2D eigenvalue weighted by molar-refractivity contribution is 6.33. The third-order valence-electron chi connectivity index (χ3n) is 4.56. The summed E-state index contributed by atoms with van der Waals surface area (Å²) in [5, 5.41) is 1.67. The number of benzene rings is 2. The fourth-order valence-electron chi connectivity index (χ4n) is 3.54. The highest BCUT2D eigenvalue weighted by atomic mass is 16.2. The van der Waals surface area contributed by atoms with Crippen molar-refractivity contribution >= 4 is 28.5 Å². The molecule has 0 aromatic heterocycles. The molecule has 2 aromatic carbocycles. The molecule has 4 rings (SSSR count). The van der Waals surface area contributed by atoms with Gasteiger partial charge in [0.15, 0.2) is 0 Å². The summed E-state index contributed by atoms with van der Waals surface area (Å²) in [5.74, 6) is -0.803. The zero-order valence-electron chi connectivity index (χ0n) is 11.6. The minimum atomic E-state index is -1.53. The molecule has 1 atom stereocenters. The first-order valence-corrected chi connectivity index (χ1v) is 6.64. The van der Waals surface area contributed by atoms with Gasteiger partial charge in [-0.3, -0.25) is 14.5 Å². The molecule has 1 spiro atoms. The number of Topliss-reactive ketones (excluding diaryl/α,β-unsaturated/α-hetero) is 1. The molecule has 1 unspecified atom stereocenters. The Labute approximate surface area is 120 Å². The quantitative estimate of drug-likeness (QED) is 0.545. The molecule has 0 radical (unpaired) electrons. The van der Waals surface area contributed by atoms with E-state index in [-0.39, 0.29) is 5.78 Å². The first-order valence-electron chi connectivity index (χ1n) is 6.64. The van der Waals surface area contributed by atoms with Crippen LogP contribution in [0.3, 0.4) is 0 Å². The number of carbonyl (C=O) groups is 3. The third kappa shape index (κ3) is 1.08. The monoisotopic (exact) mass is 280 g/mol. The van der Waals surface area contributed by atoms with Crippen LogP contribution < -0.4 is 0 Å². The Hall–Kier alpha value is -2.69. The molecule has 104 valence electrons. The molecule has 0 N–H and O–H groups in total. The first-order chi connectivity index (χ1) is 10.0. The van der Waals surface area contributed by atoms with Gasteiger partial charge in [0.05, 0.1) is 0 Å². The Kier molecular flexibility index (Phi) is 2.01. The second-order valence-corrected chi connectivity index (χ2v) is 5.45. The zero-order valence-corrected chi connectivity index (χ0v) is 11.6. The van der Waals surface area contributed by atoms with Gasteiger partial charge in [-0.25, -0.2) is 4.79 Å². The van der Waals surface area contributed by atoms with Crippen molar-refractivity contribution in [2.24, 2.45) is 0 Å². The number of nitrogens with zero attached hydrogens (tertiary/aromatic N) is 2. The maximum absolute atomic E-state index is 13.0. The predicted octanol–water partition coefficient (Wildman–Crippen LogP) is 1.76. The van der Waals surface area contributed by atoms with E-state index in [0.29, 0.717) is 11.1 Å². The minimum Gasteiger partial charge on any atom is -0.302 e. The number of amides is 3. The standard InChI is InChI=1S/C16H12N2O3/c1-17-14(20)16(18(2)15(17)21)11-8-4-6-9-5-3-7-10(12(9)11)13(16)19/h3-8H,1-2H3.